The van der Waals surface area contributed by atoms with Gasteiger partial charge in [-0.25, -0.2) is 4.98 Å². The molecule has 1 fully saturated rings. The third-order valence-electron chi connectivity index (χ3n) is 3.37. The molecule has 0 amide bonds. The normalized spacial score (nSPS) is 20.4. The molecule has 1 saturated heterocycles. The first-order valence-electron chi connectivity index (χ1n) is 6.83. The van der Waals surface area contributed by atoms with Gasteiger partial charge in [0.15, 0.2) is 5.13 Å². The Bertz CT molecular complexity index is 356. The molecule has 0 aliphatic carbocycles. The number of rotatable bonds is 7. The lowest BCUT2D eigenvalue weighted by atomic mass is 10.1. The van der Waals surface area contributed by atoms with Gasteiger partial charge in [0.2, 0.25) is 0 Å². The molecule has 1 aromatic rings. The van der Waals surface area contributed by atoms with Crippen LogP contribution in [0.1, 0.15) is 31.1 Å². The fourth-order valence-corrected chi connectivity index (χ4v) is 3.27. The second-order valence-electron chi connectivity index (χ2n) is 4.96. The summed E-state index contributed by atoms with van der Waals surface area (Å²) < 4.78 is 0. The number of aromatic nitrogens is 1. The van der Waals surface area contributed by atoms with Crippen LogP contribution in [0.15, 0.2) is 6.20 Å². The third kappa shape index (κ3) is 3.93. The van der Waals surface area contributed by atoms with E-state index in [1.165, 1.54) is 11.3 Å². The fraction of sp³-hybridized carbons (Fsp3) is 0.769. The Morgan fingerprint density at radius 2 is 2.50 bits per heavy atom. The Labute approximate surface area is 113 Å². The minimum atomic E-state index is 0.324. The molecular formula is C13H23N3OS. The molecular weight excluding hydrogens is 246 g/mol. The summed E-state index contributed by atoms with van der Waals surface area (Å²) in [5.41, 5.74) is 0. The second-order valence-corrected chi connectivity index (χ2v) is 6.08. The van der Waals surface area contributed by atoms with Gasteiger partial charge in [-0.3, -0.25) is 4.90 Å². The molecule has 1 unspecified atom stereocenters. The predicted molar refractivity (Wildman–Crippen MR) is 76.0 cm³/mol. The molecule has 0 aromatic carbocycles. The van der Waals surface area contributed by atoms with Crippen LogP contribution in [0, 0.1) is 5.92 Å². The van der Waals surface area contributed by atoms with E-state index >= 15 is 0 Å². The van der Waals surface area contributed by atoms with Crippen LogP contribution in [0.2, 0.25) is 0 Å². The highest BCUT2D eigenvalue weighted by Crippen LogP contribution is 2.24. The van der Waals surface area contributed by atoms with Crippen LogP contribution in [0.5, 0.6) is 0 Å². The summed E-state index contributed by atoms with van der Waals surface area (Å²) in [6, 6.07) is 0. The molecule has 2 N–H and O–H groups in total. The number of nitrogens with one attached hydrogen (secondary N) is 1. The van der Waals surface area contributed by atoms with Crippen LogP contribution in [-0.4, -0.2) is 41.2 Å². The van der Waals surface area contributed by atoms with Crippen molar-refractivity contribution >= 4 is 16.5 Å². The van der Waals surface area contributed by atoms with Gasteiger partial charge >= 0.3 is 0 Å². The maximum absolute atomic E-state index is 8.95. The minimum absolute atomic E-state index is 0.324. The molecule has 5 heteroatoms. The molecule has 2 rings (SSSR count). The van der Waals surface area contributed by atoms with Crippen molar-refractivity contribution in [2.75, 3.05) is 31.6 Å². The largest absolute Gasteiger partial charge is 0.396 e. The molecule has 0 saturated carbocycles. The van der Waals surface area contributed by atoms with Crippen LogP contribution in [0.3, 0.4) is 0 Å². The van der Waals surface area contributed by atoms with Crippen molar-refractivity contribution in [1.29, 1.82) is 0 Å². The minimum Gasteiger partial charge on any atom is -0.396 e. The number of hydrogen-bond donors (Lipinski definition) is 2. The number of aliphatic hydroxyl groups is 1. The smallest absolute Gasteiger partial charge is 0.182 e. The monoisotopic (exact) mass is 269 g/mol. The number of nitrogens with zero attached hydrogens (tertiary/aromatic N) is 2. The van der Waals surface area contributed by atoms with Gasteiger partial charge in [-0.1, -0.05) is 6.92 Å². The number of hydrogen-bond acceptors (Lipinski definition) is 5. The first-order chi connectivity index (χ1) is 8.81. The highest BCUT2D eigenvalue weighted by Gasteiger charge is 2.22. The first-order valence-corrected chi connectivity index (χ1v) is 7.65. The Kier molecular flexibility index (Phi) is 5.41. The lowest BCUT2D eigenvalue weighted by Crippen LogP contribution is -2.19. The van der Waals surface area contributed by atoms with Crippen molar-refractivity contribution in [2.45, 2.75) is 32.7 Å². The van der Waals surface area contributed by atoms with Crippen LogP contribution in [0.4, 0.5) is 5.13 Å². The van der Waals surface area contributed by atoms with Crippen LogP contribution in [-0.2, 0) is 6.54 Å². The molecule has 4 nitrogen and oxygen atoms in total. The number of thiazole rings is 1. The van der Waals surface area contributed by atoms with E-state index in [9.17, 15) is 0 Å². The van der Waals surface area contributed by atoms with Crippen molar-refractivity contribution in [3.8, 4) is 0 Å². The van der Waals surface area contributed by atoms with E-state index < -0.39 is 0 Å². The van der Waals surface area contributed by atoms with Gasteiger partial charge in [0.25, 0.3) is 0 Å². The molecule has 1 aromatic heterocycles. The molecule has 1 aliphatic rings. The summed E-state index contributed by atoms with van der Waals surface area (Å²) in [6.45, 7) is 6.76. The van der Waals surface area contributed by atoms with Crippen molar-refractivity contribution in [3.05, 3.63) is 11.1 Å². The molecule has 0 spiro atoms. The van der Waals surface area contributed by atoms with Gasteiger partial charge in [-0.05, 0) is 31.7 Å². The number of anilines is 1. The first kappa shape index (κ1) is 13.8. The zero-order valence-electron chi connectivity index (χ0n) is 11.1. The Balaban J connectivity index is 1.77. The van der Waals surface area contributed by atoms with Gasteiger partial charge in [0.05, 0.1) is 0 Å². The van der Waals surface area contributed by atoms with E-state index in [4.69, 9.17) is 5.11 Å². The topological polar surface area (TPSA) is 48.4 Å². The number of aliphatic hydroxyl groups excluding tert-OH is 1. The maximum Gasteiger partial charge on any atom is 0.182 e. The average molecular weight is 269 g/mol. The zero-order chi connectivity index (χ0) is 12.8. The molecule has 2 heterocycles. The van der Waals surface area contributed by atoms with Gasteiger partial charge in [0.1, 0.15) is 0 Å². The molecule has 18 heavy (non-hydrogen) atoms. The molecule has 1 atom stereocenters. The SMILES string of the molecule is CCCNc1ncc(CN2CCC(CCO)C2)s1. The quantitative estimate of drug-likeness (QED) is 0.796. The van der Waals surface area contributed by atoms with E-state index in [-0.39, 0.29) is 0 Å². The van der Waals surface area contributed by atoms with Gasteiger partial charge in [0, 0.05) is 37.3 Å². The summed E-state index contributed by atoms with van der Waals surface area (Å²) >= 11 is 1.76. The Morgan fingerprint density at radius 1 is 1.61 bits per heavy atom. The van der Waals surface area contributed by atoms with Crippen molar-refractivity contribution in [3.63, 3.8) is 0 Å². The summed E-state index contributed by atoms with van der Waals surface area (Å²) in [4.78, 5) is 8.19. The Morgan fingerprint density at radius 3 is 3.28 bits per heavy atom. The highest BCUT2D eigenvalue weighted by atomic mass is 32.1. The van der Waals surface area contributed by atoms with Gasteiger partial charge in [-0.15, -0.1) is 11.3 Å². The maximum atomic E-state index is 8.95. The van der Waals surface area contributed by atoms with Crippen molar-refractivity contribution < 1.29 is 5.11 Å². The van der Waals surface area contributed by atoms with E-state index in [2.05, 4.69) is 22.1 Å². The molecule has 0 bridgehead atoms. The van der Waals surface area contributed by atoms with Crippen molar-refractivity contribution in [2.24, 2.45) is 5.92 Å². The summed E-state index contributed by atoms with van der Waals surface area (Å²) in [6.07, 6.45) is 5.29. The lowest BCUT2D eigenvalue weighted by molar-refractivity contribution is 0.250. The summed E-state index contributed by atoms with van der Waals surface area (Å²) in [7, 11) is 0. The molecule has 0 radical (unpaired) electrons. The standard InChI is InChI=1S/C13H23N3OS/c1-2-5-14-13-15-8-12(18-13)10-16-6-3-11(9-16)4-7-17/h8,11,17H,2-7,9-10H2,1H3,(H,14,15). The predicted octanol–water partition coefficient (Wildman–Crippen LogP) is 2.17. The Hall–Kier alpha value is -0.650. The van der Waals surface area contributed by atoms with E-state index in [0.29, 0.717) is 12.5 Å². The average Bonchev–Trinajstić information content (AvgIpc) is 2.98. The molecule has 1 aliphatic heterocycles. The second kappa shape index (κ2) is 7.07. The third-order valence-corrected chi connectivity index (χ3v) is 4.31. The van der Waals surface area contributed by atoms with Crippen LogP contribution in [0.25, 0.3) is 0 Å². The van der Waals surface area contributed by atoms with Gasteiger partial charge < -0.3 is 10.4 Å². The van der Waals surface area contributed by atoms with Crippen LogP contribution >= 0.6 is 11.3 Å². The van der Waals surface area contributed by atoms with Gasteiger partial charge in [-0.2, -0.15) is 0 Å². The number of likely N-dealkylation sites (tertiary alicyclic amines) is 1. The fourth-order valence-electron chi connectivity index (χ4n) is 2.39. The summed E-state index contributed by atoms with van der Waals surface area (Å²) in [5.74, 6) is 0.681. The van der Waals surface area contributed by atoms with Crippen LogP contribution < -0.4 is 5.32 Å². The van der Waals surface area contributed by atoms with Crippen molar-refractivity contribution in [1.82, 2.24) is 9.88 Å². The highest BCUT2D eigenvalue weighted by molar-refractivity contribution is 7.15. The van der Waals surface area contributed by atoms with E-state index in [1.807, 2.05) is 6.20 Å². The lowest BCUT2D eigenvalue weighted by Gasteiger charge is -2.14. The van der Waals surface area contributed by atoms with E-state index in [0.717, 1.165) is 44.2 Å². The zero-order valence-corrected chi connectivity index (χ0v) is 11.9. The molecule has 102 valence electrons. The van der Waals surface area contributed by atoms with E-state index in [1.54, 1.807) is 11.3 Å². The summed E-state index contributed by atoms with van der Waals surface area (Å²) in [5, 5.41) is 13.3.